The molecular formula is C23H19Cl2N3O. The fourth-order valence-corrected chi connectivity index (χ4v) is 3.62. The predicted octanol–water partition coefficient (Wildman–Crippen LogP) is 6.26. The lowest BCUT2D eigenvalue weighted by molar-refractivity contribution is -0.112. The predicted molar refractivity (Wildman–Crippen MR) is 119 cm³/mol. The lowest BCUT2D eigenvalue weighted by Gasteiger charge is -2.10. The molecule has 0 saturated carbocycles. The van der Waals surface area contributed by atoms with Gasteiger partial charge in [-0.2, -0.15) is 5.26 Å². The molecule has 3 aromatic rings. The maximum Gasteiger partial charge on any atom is 0.266 e. The molecule has 146 valence electrons. The van der Waals surface area contributed by atoms with E-state index in [0.717, 1.165) is 22.6 Å². The third-order valence-corrected chi connectivity index (χ3v) is 5.26. The van der Waals surface area contributed by atoms with Crippen molar-refractivity contribution in [2.45, 2.75) is 20.8 Å². The van der Waals surface area contributed by atoms with Crippen molar-refractivity contribution in [1.82, 2.24) is 4.57 Å². The molecule has 29 heavy (non-hydrogen) atoms. The Morgan fingerprint density at radius 1 is 1.07 bits per heavy atom. The van der Waals surface area contributed by atoms with E-state index in [1.54, 1.807) is 24.3 Å². The van der Waals surface area contributed by atoms with Crippen molar-refractivity contribution in [2.75, 3.05) is 5.32 Å². The molecule has 6 heteroatoms. The Morgan fingerprint density at radius 3 is 2.28 bits per heavy atom. The van der Waals surface area contributed by atoms with Gasteiger partial charge in [0.25, 0.3) is 5.91 Å². The maximum atomic E-state index is 12.6. The maximum absolute atomic E-state index is 12.6. The molecule has 1 aromatic heterocycles. The van der Waals surface area contributed by atoms with Gasteiger partial charge in [-0.25, -0.2) is 0 Å². The number of hydrogen-bond acceptors (Lipinski definition) is 2. The second-order valence-corrected chi connectivity index (χ2v) is 7.53. The van der Waals surface area contributed by atoms with Gasteiger partial charge in [-0.05, 0) is 62.7 Å². The van der Waals surface area contributed by atoms with Crippen LogP contribution in [0, 0.1) is 32.1 Å². The van der Waals surface area contributed by atoms with Gasteiger partial charge in [-0.3, -0.25) is 4.79 Å². The van der Waals surface area contributed by atoms with Gasteiger partial charge in [0.05, 0.1) is 15.7 Å². The quantitative estimate of drug-likeness (QED) is 0.397. The number of rotatable bonds is 4. The largest absolute Gasteiger partial charge is 0.319 e. The highest BCUT2D eigenvalue weighted by Crippen LogP contribution is 2.30. The monoisotopic (exact) mass is 423 g/mol. The van der Waals surface area contributed by atoms with Crippen LogP contribution in [0.25, 0.3) is 11.8 Å². The Hall–Kier alpha value is -3.00. The first kappa shape index (κ1) is 20.7. The van der Waals surface area contributed by atoms with Gasteiger partial charge in [-0.1, -0.05) is 47.0 Å². The summed E-state index contributed by atoms with van der Waals surface area (Å²) >= 11 is 12.2. The Balaban J connectivity index is 1.96. The molecule has 3 rings (SSSR count). The van der Waals surface area contributed by atoms with E-state index < -0.39 is 5.91 Å². The van der Waals surface area contributed by atoms with Crippen LogP contribution >= 0.6 is 23.2 Å². The minimum atomic E-state index is -0.567. The number of carbonyl (C=O) groups is 1. The number of nitrogens with one attached hydrogen (secondary N) is 1. The fraction of sp³-hybridized carbons (Fsp3) is 0.130. The van der Waals surface area contributed by atoms with Gasteiger partial charge >= 0.3 is 0 Å². The summed E-state index contributed by atoms with van der Waals surface area (Å²) in [6.45, 7) is 5.98. The molecular weight excluding hydrogens is 405 g/mol. The second-order valence-electron chi connectivity index (χ2n) is 6.72. The second kappa shape index (κ2) is 8.57. The summed E-state index contributed by atoms with van der Waals surface area (Å²) in [5.74, 6) is -0.567. The van der Waals surface area contributed by atoms with E-state index in [1.165, 1.54) is 5.56 Å². The third kappa shape index (κ3) is 4.37. The summed E-state index contributed by atoms with van der Waals surface area (Å²) in [7, 11) is 0. The zero-order chi connectivity index (χ0) is 21.1. The molecule has 0 aliphatic rings. The molecule has 1 heterocycles. The molecule has 0 saturated heterocycles. The van der Waals surface area contributed by atoms with E-state index >= 15 is 0 Å². The number of amides is 1. The van der Waals surface area contributed by atoms with E-state index in [-0.39, 0.29) is 11.3 Å². The van der Waals surface area contributed by atoms with Gasteiger partial charge < -0.3 is 9.88 Å². The van der Waals surface area contributed by atoms with Gasteiger partial charge in [0.2, 0.25) is 0 Å². The Labute approximate surface area is 180 Å². The van der Waals surface area contributed by atoms with Crippen molar-refractivity contribution in [2.24, 2.45) is 0 Å². The highest BCUT2D eigenvalue weighted by molar-refractivity contribution is 6.40. The number of benzene rings is 2. The molecule has 0 aliphatic carbocycles. The Morgan fingerprint density at radius 2 is 1.69 bits per heavy atom. The molecule has 0 radical (unpaired) electrons. The van der Waals surface area contributed by atoms with E-state index in [2.05, 4.69) is 9.88 Å². The van der Waals surface area contributed by atoms with Crippen molar-refractivity contribution in [1.29, 1.82) is 5.26 Å². The smallest absolute Gasteiger partial charge is 0.266 e. The molecule has 1 amide bonds. The molecule has 1 N–H and O–H groups in total. The molecule has 0 fully saturated rings. The third-order valence-electron chi connectivity index (χ3n) is 4.63. The average molecular weight is 424 g/mol. The topological polar surface area (TPSA) is 57.8 Å². The van der Waals surface area contributed by atoms with Crippen LogP contribution in [0.1, 0.15) is 22.5 Å². The van der Waals surface area contributed by atoms with Crippen molar-refractivity contribution < 1.29 is 4.79 Å². The van der Waals surface area contributed by atoms with Gasteiger partial charge in [-0.15, -0.1) is 0 Å². The Bertz CT molecular complexity index is 1130. The first-order chi connectivity index (χ1) is 13.8. The van der Waals surface area contributed by atoms with Crippen LogP contribution in [0.2, 0.25) is 10.0 Å². The number of nitrogens with zero attached hydrogens (tertiary/aromatic N) is 2. The van der Waals surface area contributed by atoms with Crippen molar-refractivity contribution in [3.63, 3.8) is 0 Å². The summed E-state index contributed by atoms with van der Waals surface area (Å²) in [4.78, 5) is 12.6. The number of aryl methyl sites for hydroxylation is 2. The lowest BCUT2D eigenvalue weighted by atomic mass is 10.1. The molecule has 0 unspecified atom stereocenters. The zero-order valence-electron chi connectivity index (χ0n) is 16.3. The highest BCUT2D eigenvalue weighted by Gasteiger charge is 2.16. The standard InChI is InChI=1S/C23H19Cl2N3O/c1-14-7-9-19(10-8-14)28-15(2)11-17(16(28)3)12-18(13-26)23(29)27-22-20(24)5-4-6-21(22)25/h4-12H,1-3H3,(H,27,29)/b18-12+. The van der Waals surface area contributed by atoms with Gasteiger partial charge in [0.1, 0.15) is 11.6 Å². The van der Waals surface area contributed by atoms with Crippen LogP contribution < -0.4 is 5.32 Å². The Kier molecular flexibility index (Phi) is 6.12. The van der Waals surface area contributed by atoms with Gasteiger partial charge in [0.15, 0.2) is 0 Å². The summed E-state index contributed by atoms with van der Waals surface area (Å²) in [5.41, 5.74) is 5.18. The zero-order valence-corrected chi connectivity index (χ0v) is 17.8. The molecule has 0 atom stereocenters. The average Bonchev–Trinajstić information content (AvgIpc) is 2.96. The molecule has 4 nitrogen and oxygen atoms in total. The van der Waals surface area contributed by atoms with Gasteiger partial charge in [0, 0.05) is 17.1 Å². The number of hydrogen-bond donors (Lipinski definition) is 1. The minimum Gasteiger partial charge on any atom is -0.319 e. The van der Waals surface area contributed by atoms with Crippen LogP contribution in [0.4, 0.5) is 5.69 Å². The lowest BCUT2D eigenvalue weighted by Crippen LogP contribution is -2.14. The number of halogens is 2. The van der Waals surface area contributed by atoms with Crippen LogP contribution in [0.15, 0.2) is 54.1 Å². The molecule has 0 spiro atoms. The van der Waals surface area contributed by atoms with E-state index in [0.29, 0.717) is 10.0 Å². The number of anilines is 1. The summed E-state index contributed by atoms with van der Waals surface area (Å²) < 4.78 is 2.09. The summed E-state index contributed by atoms with van der Waals surface area (Å²) in [6, 6.07) is 17.0. The number of para-hydroxylation sites is 1. The number of carbonyl (C=O) groups excluding carboxylic acids is 1. The SMILES string of the molecule is Cc1ccc(-n2c(C)cc(/C=C(\C#N)C(=O)Nc3c(Cl)cccc3Cl)c2C)cc1. The number of aromatic nitrogens is 1. The van der Waals surface area contributed by atoms with E-state index in [1.807, 2.05) is 57.2 Å². The summed E-state index contributed by atoms with van der Waals surface area (Å²) in [5, 5.41) is 12.8. The highest BCUT2D eigenvalue weighted by atomic mass is 35.5. The van der Waals surface area contributed by atoms with Crippen molar-refractivity contribution >= 4 is 40.9 Å². The van der Waals surface area contributed by atoms with E-state index in [9.17, 15) is 10.1 Å². The first-order valence-electron chi connectivity index (χ1n) is 8.95. The summed E-state index contributed by atoms with van der Waals surface area (Å²) in [6.07, 6.45) is 1.58. The van der Waals surface area contributed by atoms with Crippen LogP contribution in [0.5, 0.6) is 0 Å². The number of nitriles is 1. The fourth-order valence-electron chi connectivity index (χ4n) is 3.13. The normalized spacial score (nSPS) is 11.2. The first-order valence-corrected chi connectivity index (χ1v) is 9.70. The molecule has 0 aliphatic heterocycles. The molecule has 0 bridgehead atoms. The van der Waals surface area contributed by atoms with E-state index in [4.69, 9.17) is 23.2 Å². The van der Waals surface area contributed by atoms with Crippen LogP contribution in [0.3, 0.4) is 0 Å². The van der Waals surface area contributed by atoms with Crippen LogP contribution in [-0.2, 0) is 4.79 Å². The molecule has 2 aromatic carbocycles. The van der Waals surface area contributed by atoms with Crippen molar-refractivity contribution in [3.8, 4) is 11.8 Å². The van der Waals surface area contributed by atoms with Crippen LogP contribution in [-0.4, -0.2) is 10.5 Å². The van der Waals surface area contributed by atoms with Crippen molar-refractivity contribution in [3.05, 3.63) is 86.7 Å². The minimum absolute atomic E-state index is 0.0369.